The number of aromatic nitrogens is 1. The first-order valence-electron chi connectivity index (χ1n) is 13.8. The molecule has 0 saturated carbocycles. The van der Waals surface area contributed by atoms with Crippen LogP contribution in [0.4, 0.5) is 21.9 Å². The molecule has 0 aliphatic heterocycles. The molecule has 8 heteroatoms. The molecular formula is C34H34N4O4. The highest BCUT2D eigenvalue weighted by atomic mass is 16.6. The molecule has 0 spiro atoms. The minimum atomic E-state index is -0.899. The molecular weight excluding hydrogens is 528 g/mol. The van der Waals surface area contributed by atoms with Gasteiger partial charge in [-0.25, -0.2) is 9.78 Å². The molecule has 42 heavy (non-hydrogen) atoms. The lowest BCUT2D eigenvalue weighted by molar-refractivity contribution is -0.118. The van der Waals surface area contributed by atoms with Crippen molar-refractivity contribution in [3.05, 3.63) is 108 Å². The Bertz CT molecular complexity index is 1680. The first-order chi connectivity index (χ1) is 20.2. The second-order valence-electron chi connectivity index (χ2n) is 11.1. The van der Waals surface area contributed by atoms with Crippen molar-refractivity contribution in [2.45, 2.75) is 45.4 Å². The van der Waals surface area contributed by atoms with Crippen molar-refractivity contribution in [3.63, 3.8) is 0 Å². The van der Waals surface area contributed by atoms with Crippen LogP contribution in [0, 0.1) is 0 Å². The van der Waals surface area contributed by atoms with Gasteiger partial charge >= 0.3 is 6.09 Å². The van der Waals surface area contributed by atoms with Crippen LogP contribution in [0.2, 0.25) is 0 Å². The van der Waals surface area contributed by atoms with Gasteiger partial charge in [-0.15, -0.1) is 0 Å². The van der Waals surface area contributed by atoms with E-state index in [4.69, 9.17) is 9.72 Å². The summed E-state index contributed by atoms with van der Waals surface area (Å²) in [6.07, 6.45) is -0.410. The van der Waals surface area contributed by atoms with Gasteiger partial charge < -0.3 is 25.8 Å². The number of amides is 2. The van der Waals surface area contributed by atoms with E-state index in [1.807, 2.05) is 84.9 Å². The lowest BCUT2D eigenvalue weighted by Crippen LogP contribution is -2.47. The Hall–Kier alpha value is -4.95. The number of hydrogen-bond acceptors (Lipinski definition) is 6. The average molecular weight is 563 g/mol. The maximum absolute atomic E-state index is 13.6. The number of ether oxygens (including phenoxy) is 1. The van der Waals surface area contributed by atoms with Gasteiger partial charge in [-0.05, 0) is 62.2 Å². The number of aliphatic hydroxyl groups is 1. The molecule has 0 fully saturated rings. The van der Waals surface area contributed by atoms with E-state index in [-0.39, 0.29) is 13.0 Å². The molecule has 5 rings (SSSR count). The Morgan fingerprint density at radius 1 is 0.810 bits per heavy atom. The van der Waals surface area contributed by atoms with E-state index in [1.54, 1.807) is 32.9 Å². The topological polar surface area (TPSA) is 113 Å². The van der Waals surface area contributed by atoms with Crippen molar-refractivity contribution >= 4 is 50.9 Å². The van der Waals surface area contributed by atoms with Crippen LogP contribution in [0.15, 0.2) is 97.1 Å². The number of aliphatic hydroxyl groups excluding tert-OH is 1. The fourth-order valence-corrected chi connectivity index (χ4v) is 4.78. The fourth-order valence-electron chi connectivity index (χ4n) is 4.78. The number of carbonyl (C=O) groups excluding carboxylic acids is 2. The molecule has 4 N–H and O–H groups in total. The van der Waals surface area contributed by atoms with Crippen molar-refractivity contribution in [1.29, 1.82) is 0 Å². The summed E-state index contributed by atoms with van der Waals surface area (Å²) in [6, 6.07) is 29.7. The minimum Gasteiger partial charge on any atom is -0.444 e. The third-order valence-electron chi connectivity index (χ3n) is 6.59. The monoisotopic (exact) mass is 562 g/mol. The smallest absolute Gasteiger partial charge is 0.408 e. The summed E-state index contributed by atoms with van der Waals surface area (Å²) in [5, 5.41) is 21.1. The minimum absolute atomic E-state index is 0.222. The number of rotatable bonds is 8. The van der Waals surface area contributed by atoms with Gasteiger partial charge in [0.15, 0.2) is 0 Å². The number of nitrogens with one attached hydrogen (secondary N) is 3. The van der Waals surface area contributed by atoms with Gasteiger partial charge in [0.1, 0.15) is 11.6 Å². The van der Waals surface area contributed by atoms with Gasteiger partial charge in [0.05, 0.1) is 23.3 Å². The Balaban J connectivity index is 1.45. The molecule has 0 bridgehead atoms. The number of anilines is 3. The molecule has 4 aromatic carbocycles. The van der Waals surface area contributed by atoms with Gasteiger partial charge in [-0.3, -0.25) is 4.79 Å². The third kappa shape index (κ3) is 7.03. The Kier molecular flexibility index (Phi) is 8.36. The first-order valence-corrected chi connectivity index (χ1v) is 13.8. The summed E-state index contributed by atoms with van der Waals surface area (Å²) >= 11 is 0. The molecule has 1 heterocycles. The molecule has 8 nitrogen and oxygen atoms in total. The van der Waals surface area contributed by atoms with Crippen LogP contribution < -0.4 is 16.0 Å². The summed E-state index contributed by atoms with van der Waals surface area (Å²) in [5.74, 6) is -0.412. The van der Waals surface area contributed by atoms with Crippen molar-refractivity contribution in [1.82, 2.24) is 10.3 Å². The normalized spacial score (nSPS) is 12.1. The summed E-state index contributed by atoms with van der Waals surface area (Å²) in [7, 11) is 0. The maximum atomic E-state index is 13.6. The van der Waals surface area contributed by atoms with Crippen LogP contribution in [-0.2, 0) is 22.6 Å². The molecule has 1 unspecified atom stereocenters. The van der Waals surface area contributed by atoms with Crippen molar-refractivity contribution in [2.75, 3.05) is 10.6 Å². The van der Waals surface area contributed by atoms with E-state index in [0.717, 1.165) is 33.1 Å². The average Bonchev–Trinajstić information content (AvgIpc) is 2.96. The summed E-state index contributed by atoms with van der Waals surface area (Å²) in [6.45, 7) is 5.08. The molecule has 214 valence electrons. The first kappa shape index (κ1) is 28.6. The number of alkyl carbamates (subject to hydrolysis) is 1. The summed E-state index contributed by atoms with van der Waals surface area (Å²) < 4.78 is 5.42. The van der Waals surface area contributed by atoms with E-state index >= 15 is 0 Å². The zero-order chi connectivity index (χ0) is 29.7. The molecule has 2 amide bonds. The number of fused-ring (bicyclic) bond motifs is 2. The zero-order valence-corrected chi connectivity index (χ0v) is 23.8. The summed E-state index contributed by atoms with van der Waals surface area (Å²) in [4.78, 5) is 31.0. The van der Waals surface area contributed by atoms with Crippen molar-refractivity contribution in [2.24, 2.45) is 0 Å². The Labute approximate surface area is 244 Å². The second-order valence-corrected chi connectivity index (χ2v) is 11.1. The lowest BCUT2D eigenvalue weighted by Gasteiger charge is -2.23. The number of carbonyl (C=O) groups is 2. The van der Waals surface area contributed by atoms with E-state index in [9.17, 15) is 14.7 Å². The van der Waals surface area contributed by atoms with Gasteiger partial charge in [0.2, 0.25) is 5.91 Å². The third-order valence-corrected chi connectivity index (χ3v) is 6.59. The standard InChI is InChI=1S/C34H34N4O4/c1-34(2,3)42-33(41)38-30(19-22-11-5-4-6-12-22)32(40)36-25-18-23(21-39)17-24(20-25)35-31-26-13-7-9-15-28(26)37-29-16-10-8-14-27(29)31/h4-18,20,30,39H,19,21H2,1-3H3,(H,35,37)(H,36,40)(H,38,41). The van der Waals surface area contributed by atoms with Gasteiger partial charge in [0.25, 0.3) is 0 Å². The van der Waals surface area contributed by atoms with E-state index in [2.05, 4.69) is 16.0 Å². The van der Waals surface area contributed by atoms with Crippen molar-refractivity contribution < 1.29 is 19.4 Å². The lowest BCUT2D eigenvalue weighted by atomic mass is 10.0. The van der Waals surface area contributed by atoms with Crippen LogP contribution in [-0.4, -0.2) is 33.7 Å². The molecule has 5 aromatic rings. The highest BCUT2D eigenvalue weighted by Gasteiger charge is 2.25. The molecule has 0 aliphatic carbocycles. The molecule has 1 aromatic heterocycles. The van der Waals surface area contributed by atoms with Crippen LogP contribution in [0.3, 0.4) is 0 Å². The predicted octanol–water partition coefficient (Wildman–Crippen LogP) is 6.70. The molecule has 0 saturated heterocycles. The quantitative estimate of drug-likeness (QED) is 0.157. The molecule has 1 atom stereocenters. The largest absolute Gasteiger partial charge is 0.444 e. The molecule has 0 radical (unpaired) electrons. The number of nitrogens with zero attached hydrogens (tertiary/aromatic N) is 1. The fraction of sp³-hybridized carbons (Fsp3) is 0.206. The van der Waals surface area contributed by atoms with Crippen LogP contribution in [0.25, 0.3) is 21.8 Å². The second kappa shape index (κ2) is 12.3. The number of hydrogen-bond donors (Lipinski definition) is 4. The number of benzene rings is 4. The van der Waals surface area contributed by atoms with Crippen LogP contribution in [0.1, 0.15) is 31.9 Å². The highest BCUT2D eigenvalue weighted by Crippen LogP contribution is 2.34. The van der Waals surface area contributed by atoms with Crippen molar-refractivity contribution in [3.8, 4) is 0 Å². The van der Waals surface area contributed by atoms with Gasteiger partial charge in [0, 0.05) is 28.6 Å². The zero-order valence-electron chi connectivity index (χ0n) is 23.8. The maximum Gasteiger partial charge on any atom is 0.408 e. The Morgan fingerprint density at radius 2 is 1.40 bits per heavy atom. The van der Waals surface area contributed by atoms with Gasteiger partial charge in [-0.1, -0.05) is 66.7 Å². The van der Waals surface area contributed by atoms with E-state index < -0.39 is 23.6 Å². The molecule has 0 aliphatic rings. The number of pyridine rings is 1. The number of para-hydroxylation sites is 2. The van der Waals surface area contributed by atoms with Gasteiger partial charge in [-0.2, -0.15) is 0 Å². The van der Waals surface area contributed by atoms with E-state index in [1.165, 1.54) is 0 Å². The SMILES string of the molecule is CC(C)(C)OC(=O)NC(Cc1ccccc1)C(=O)Nc1cc(CO)cc(Nc2c3ccccc3nc3ccccc23)c1. The highest BCUT2D eigenvalue weighted by molar-refractivity contribution is 6.08. The van der Waals surface area contributed by atoms with E-state index in [0.29, 0.717) is 16.9 Å². The van der Waals surface area contributed by atoms with Crippen LogP contribution >= 0.6 is 0 Å². The summed E-state index contributed by atoms with van der Waals surface area (Å²) in [5.41, 5.74) is 4.50. The van der Waals surface area contributed by atoms with Crippen LogP contribution in [0.5, 0.6) is 0 Å². The predicted molar refractivity (Wildman–Crippen MR) is 167 cm³/mol. The Morgan fingerprint density at radius 3 is 2.02 bits per heavy atom.